The van der Waals surface area contributed by atoms with Crippen LogP contribution in [0, 0.1) is 11.3 Å². The second-order valence-electron chi connectivity index (χ2n) is 10.1. The predicted octanol–water partition coefficient (Wildman–Crippen LogP) is 4.03. The third kappa shape index (κ3) is 5.30. The summed E-state index contributed by atoms with van der Waals surface area (Å²) < 4.78 is 12.2. The van der Waals surface area contributed by atoms with Crippen LogP contribution in [0.1, 0.15) is 37.0 Å². The molecule has 0 saturated carbocycles. The first kappa shape index (κ1) is 24.5. The van der Waals surface area contributed by atoms with Crippen LogP contribution < -0.4 is 20.6 Å². The minimum atomic E-state index is -1.93. The molecule has 0 radical (unpaired) electrons. The Balaban J connectivity index is 1.36. The van der Waals surface area contributed by atoms with Gasteiger partial charge in [0.05, 0.1) is 18.5 Å². The smallest absolute Gasteiger partial charge is 0.287 e. The Kier molecular flexibility index (Phi) is 7.09. The van der Waals surface area contributed by atoms with Gasteiger partial charge >= 0.3 is 0 Å². The molecule has 3 heterocycles. The van der Waals surface area contributed by atoms with Crippen molar-refractivity contribution in [1.82, 2.24) is 10.3 Å². The van der Waals surface area contributed by atoms with Crippen LogP contribution in [-0.4, -0.2) is 32.7 Å². The van der Waals surface area contributed by atoms with Gasteiger partial charge in [0.25, 0.3) is 5.91 Å². The van der Waals surface area contributed by atoms with Crippen LogP contribution in [0.25, 0.3) is 0 Å². The van der Waals surface area contributed by atoms with Crippen molar-refractivity contribution in [2.45, 2.75) is 33.5 Å². The second kappa shape index (κ2) is 10.4. The Morgan fingerprint density at radius 1 is 1.08 bits per heavy atom. The number of anilines is 1. The lowest BCUT2D eigenvalue weighted by atomic mass is 9.74. The van der Waals surface area contributed by atoms with Gasteiger partial charge in [-0.05, 0) is 27.9 Å². The van der Waals surface area contributed by atoms with Gasteiger partial charge in [0, 0.05) is 17.8 Å². The molecule has 36 heavy (non-hydrogen) atoms. The molecule has 1 N–H and O–H groups in total. The van der Waals surface area contributed by atoms with Crippen LogP contribution in [0.2, 0.25) is 0 Å². The largest absolute Gasteiger partial charge is 0.459 e. The van der Waals surface area contributed by atoms with Gasteiger partial charge in [-0.2, -0.15) is 0 Å². The highest BCUT2D eigenvalue weighted by Gasteiger charge is 2.48. The van der Waals surface area contributed by atoms with Crippen LogP contribution in [0.15, 0.2) is 88.9 Å². The van der Waals surface area contributed by atoms with E-state index in [-0.39, 0.29) is 17.6 Å². The van der Waals surface area contributed by atoms with Crippen molar-refractivity contribution in [2.24, 2.45) is 11.3 Å². The quantitative estimate of drug-likeness (QED) is 0.358. The topological polar surface area (TPSA) is 67.6 Å². The summed E-state index contributed by atoms with van der Waals surface area (Å²) in [6, 6.07) is 24.5. The Hall–Kier alpha value is -3.20. The lowest BCUT2D eigenvalue weighted by molar-refractivity contribution is 0.00495. The molecular formula is C28H31N3O3SSi. The molecular weight excluding hydrogens is 486 g/mol. The van der Waals surface area contributed by atoms with Crippen LogP contribution in [0.3, 0.4) is 0 Å². The summed E-state index contributed by atoms with van der Waals surface area (Å²) in [4.78, 5) is 19.3. The molecule has 1 saturated heterocycles. The first-order chi connectivity index (χ1) is 17.4. The minimum absolute atomic E-state index is 0.0567. The van der Waals surface area contributed by atoms with Gasteiger partial charge in [-0.15, -0.1) is 11.3 Å². The molecule has 186 valence electrons. The molecule has 1 aliphatic heterocycles. The highest BCUT2D eigenvalue weighted by atomic mass is 32.1. The monoisotopic (exact) mass is 517 g/mol. The summed E-state index contributed by atoms with van der Waals surface area (Å²) in [6.07, 6.45) is 1.44. The molecule has 1 aliphatic rings. The van der Waals surface area contributed by atoms with Crippen molar-refractivity contribution < 1.29 is 13.6 Å². The number of amides is 1. The average molecular weight is 518 g/mol. The van der Waals surface area contributed by atoms with E-state index >= 15 is 0 Å². The molecule has 0 spiro atoms. The zero-order chi connectivity index (χ0) is 25.1. The van der Waals surface area contributed by atoms with E-state index in [1.165, 1.54) is 16.6 Å². The third-order valence-corrected chi connectivity index (χ3v) is 10.1. The number of aromatic nitrogens is 1. The molecule has 2 atom stereocenters. The minimum Gasteiger partial charge on any atom is -0.459 e. The summed E-state index contributed by atoms with van der Waals surface area (Å²) in [5.74, 6) is 0.436. The van der Waals surface area contributed by atoms with Gasteiger partial charge in [-0.25, -0.2) is 4.98 Å². The molecule has 1 fully saturated rings. The molecule has 8 heteroatoms. The Bertz CT molecular complexity index is 1230. The van der Waals surface area contributed by atoms with Crippen molar-refractivity contribution in [3.8, 4) is 0 Å². The average Bonchev–Trinajstić information content (AvgIpc) is 3.56. The summed E-state index contributed by atoms with van der Waals surface area (Å²) in [7, 11) is -1.93. The number of benzene rings is 2. The highest BCUT2D eigenvalue weighted by molar-refractivity contribution is 7.13. The molecule has 2 aromatic carbocycles. The van der Waals surface area contributed by atoms with E-state index in [4.69, 9.17) is 13.8 Å². The van der Waals surface area contributed by atoms with E-state index in [2.05, 4.69) is 91.7 Å². The molecule has 6 nitrogen and oxygen atoms in total. The summed E-state index contributed by atoms with van der Waals surface area (Å²) in [5.41, 5.74) is 0.928. The fourth-order valence-corrected chi connectivity index (χ4v) is 7.78. The molecule has 1 amide bonds. The number of hydrogen-bond donors (Lipinski definition) is 1. The van der Waals surface area contributed by atoms with Crippen LogP contribution in [0.5, 0.6) is 0 Å². The number of hydrogen-bond acceptors (Lipinski definition) is 6. The Labute approximate surface area is 217 Å². The molecule has 2 aromatic heterocycles. The number of rotatable bonds is 8. The maximum Gasteiger partial charge on any atom is 0.287 e. The summed E-state index contributed by atoms with van der Waals surface area (Å²) in [5, 5.41) is 8.34. The van der Waals surface area contributed by atoms with Crippen molar-refractivity contribution in [2.75, 3.05) is 11.4 Å². The molecule has 0 aliphatic carbocycles. The van der Waals surface area contributed by atoms with Gasteiger partial charge in [0.1, 0.15) is 6.23 Å². The lowest BCUT2D eigenvalue weighted by Gasteiger charge is -2.54. The first-order valence-corrected chi connectivity index (χ1v) is 14.7. The number of furan rings is 1. The number of thiazole rings is 1. The van der Waals surface area contributed by atoms with E-state index in [1.54, 1.807) is 23.5 Å². The number of carbonyl (C=O) groups is 1. The van der Waals surface area contributed by atoms with E-state index in [0.29, 0.717) is 18.2 Å². The van der Waals surface area contributed by atoms with Crippen molar-refractivity contribution >= 4 is 41.8 Å². The van der Waals surface area contributed by atoms with Gasteiger partial charge in [0.2, 0.25) is 9.04 Å². The zero-order valence-corrected chi connectivity index (χ0v) is 22.7. The second-order valence-corrected chi connectivity index (χ2v) is 13.3. The molecule has 5 rings (SSSR count). The standard InChI is InChI=1S/C28H31N3O3SSi/c1-28(2,3)23-18-31(27-30-20(19-35-27)17-29-25(32)24-15-10-16-33-24)26(23)34-36(21-11-6-4-7-12-21)22-13-8-5-9-14-22/h4-16,19,23,26,36H,17-18H2,1-3H3,(H,29,32). The SMILES string of the molecule is CC(C)(C)C1CN(c2nc(CNC(=O)c3ccco3)cs2)C1O[SiH](c1ccccc1)c1ccccc1. The molecule has 0 bridgehead atoms. The van der Waals surface area contributed by atoms with E-state index in [9.17, 15) is 4.79 Å². The van der Waals surface area contributed by atoms with Gasteiger partial charge in [0.15, 0.2) is 10.9 Å². The van der Waals surface area contributed by atoms with Crippen molar-refractivity contribution in [3.63, 3.8) is 0 Å². The molecule has 2 unspecified atom stereocenters. The van der Waals surface area contributed by atoms with Crippen LogP contribution in [0.4, 0.5) is 5.13 Å². The zero-order valence-electron chi connectivity index (χ0n) is 20.8. The van der Waals surface area contributed by atoms with E-state index < -0.39 is 9.04 Å². The summed E-state index contributed by atoms with van der Waals surface area (Å²) in [6.45, 7) is 8.09. The van der Waals surface area contributed by atoms with Gasteiger partial charge in [-0.1, -0.05) is 81.4 Å². The van der Waals surface area contributed by atoms with Gasteiger partial charge < -0.3 is 19.1 Å². The first-order valence-electron chi connectivity index (χ1n) is 12.2. The van der Waals surface area contributed by atoms with Crippen molar-refractivity contribution in [3.05, 3.63) is 95.9 Å². The Morgan fingerprint density at radius 2 is 1.75 bits per heavy atom. The normalized spacial score (nSPS) is 17.7. The number of nitrogens with one attached hydrogen (secondary N) is 1. The van der Waals surface area contributed by atoms with Crippen LogP contribution >= 0.6 is 11.3 Å². The maximum atomic E-state index is 12.2. The maximum absolute atomic E-state index is 12.2. The van der Waals surface area contributed by atoms with E-state index in [0.717, 1.165) is 17.4 Å². The highest BCUT2D eigenvalue weighted by Crippen LogP contribution is 2.43. The summed E-state index contributed by atoms with van der Waals surface area (Å²) >= 11 is 1.59. The fourth-order valence-electron chi connectivity index (χ4n) is 4.46. The van der Waals surface area contributed by atoms with Crippen molar-refractivity contribution in [1.29, 1.82) is 0 Å². The lowest BCUT2D eigenvalue weighted by Crippen LogP contribution is -2.65. The van der Waals surface area contributed by atoms with E-state index in [1.807, 2.05) is 5.38 Å². The fraction of sp³-hybridized carbons (Fsp3) is 0.286. The third-order valence-electron chi connectivity index (χ3n) is 6.60. The van der Waals surface area contributed by atoms with Crippen LogP contribution in [-0.2, 0) is 11.0 Å². The number of carbonyl (C=O) groups excluding carboxylic acids is 1. The van der Waals surface area contributed by atoms with Gasteiger partial charge in [-0.3, -0.25) is 4.79 Å². The number of nitrogens with zero attached hydrogens (tertiary/aromatic N) is 2. The molecule has 4 aromatic rings. The Morgan fingerprint density at radius 3 is 2.33 bits per heavy atom. The predicted molar refractivity (Wildman–Crippen MR) is 146 cm³/mol.